The lowest BCUT2D eigenvalue weighted by molar-refractivity contribution is -0.124. The van der Waals surface area contributed by atoms with E-state index >= 15 is 0 Å². The lowest BCUT2D eigenvalue weighted by Crippen LogP contribution is -2.36. The predicted octanol–water partition coefficient (Wildman–Crippen LogP) is 3.05. The second-order valence-electron chi connectivity index (χ2n) is 8.67. The molecule has 10 heteroatoms. The molecule has 2 unspecified atom stereocenters. The topological polar surface area (TPSA) is 108 Å². The van der Waals surface area contributed by atoms with E-state index in [0.717, 1.165) is 17.7 Å². The van der Waals surface area contributed by atoms with Crippen LogP contribution in [0.4, 0.5) is 20.3 Å². The van der Waals surface area contributed by atoms with E-state index in [1.807, 2.05) is 24.3 Å². The molecule has 3 heterocycles. The molecule has 0 radical (unpaired) electrons. The number of nitrogens with one attached hydrogen (secondary N) is 3. The molecule has 35 heavy (non-hydrogen) atoms. The zero-order valence-electron chi connectivity index (χ0n) is 19.1. The molecule has 1 fully saturated rings. The summed E-state index contributed by atoms with van der Waals surface area (Å²) >= 11 is 0. The van der Waals surface area contributed by atoms with Crippen LogP contribution in [0.2, 0.25) is 0 Å². The number of carbonyl (C=O) groups is 1. The van der Waals surface area contributed by atoms with Gasteiger partial charge in [0.15, 0.2) is 5.82 Å². The highest BCUT2D eigenvalue weighted by Crippen LogP contribution is 2.37. The van der Waals surface area contributed by atoms with Gasteiger partial charge in [0.05, 0.1) is 22.2 Å². The second kappa shape index (κ2) is 9.29. The van der Waals surface area contributed by atoms with Crippen LogP contribution in [-0.2, 0) is 21.5 Å². The second-order valence-corrected chi connectivity index (χ2v) is 8.67. The number of carbonyl (C=O) groups excluding carboxylic acids is 1. The van der Waals surface area contributed by atoms with Gasteiger partial charge in [0.1, 0.15) is 23.7 Å². The molecular weight excluding hydrogens is 456 g/mol. The number of benzene rings is 2. The summed E-state index contributed by atoms with van der Waals surface area (Å²) in [5.41, 5.74) is 1.39. The van der Waals surface area contributed by atoms with E-state index in [1.165, 1.54) is 6.07 Å². The fraction of sp³-hybridized carbons (Fsp3) is 0.320. The van der Waals surface area contributed by atoms with Crippen LogP contribution in [-0.4, -0.2) is 41.2 Å². The first-order chi connectivity index (χ1) is 16.9. The van der Waals surface area contributed by atoms with Gasteiger partial charge in [-0.2, -0.15) is 0 Å². The van der Waals surface area contributed by atoms with Crippen molar-refractivity contribution in [2.45, 2.75) is 31.0 Å². The zero-order valence-corrected chi connectivity index (χ0v) is 19.1. The summed E-state index contributed by atoms with van der Waals surface area (Å²) in [6.45, 7) is 1.30. The zero-order chi connectivity index (χ0) is 24.6. The molecule has 0 aliphatic carbocycles. The molecule has 2 aliphatic heterocycles. The summed E-state index contributed by atoms with van der Waals surface area (Å²) < 4.78 is 34.1. The van der Waals surface area contributed by atoms with Gasteiger partial charge in [-0.3, -0.25) is 10.1 Å². The summed E-state index contributed by atoms with van der Waals surface area (Å²) in [7, 11) is 1.61. The molecule has 0 saturated carbocycles. The number of aliphatic hydroxyl groups excluding tert-OH is 1. The molecule has 182 valence electrons. The van der Waals surface area contributed by atoms with Crippen LogP contribution in [0.25, 0.3) is 11.4 Å². The third-order valence-electron chi connectivity index (χ3n) is 6.65. The first kappa shape index (κ1) is 23.3. The molecule has 8 nitrogen and oxygen atoms in total. The Morgan fingerprint density at radius 3 is 2.57 bits per heavy atom. The number of fused-ring (bicyclic) bond motifs is 1. The summed E-state index contributed by atoms with van der Waals surface area (Å²) in [6, 6.07) is 10.9. The van der Waals surface area contributed by atoms with Crippen LogP contribution < -0.4 is 16.0 Å². The number of rotatable bonds is 7. The van der Waals surface area contributed by atoms with Crippen molar-refractivity contribution in [3.05, 3.63) is 70.9 Å². The fourth-order valence-electron chi connectivity index (χ4n) is 4.77. The van der Waals surface area contributed by atoms with Gasteiger partial charge in [-0.15, -0.1) is 0 Å². The number of halogens is 2. The standard InChI is InChI=1S/C25H25F2N5O3/c1-35-12-10-25(9-11-28-24(25)34)14-5-7-15(8-6-14)30-22-20-18(13-29-23(20)33)31-21(32-22)19-16(26)3-2-4-17(19)27/h2-8,23,29,33H,9-13H2,1H3,(H,28,34)(H,30,31,32). The number of hydrogen-bond acceptors (Lipinski definition) is 7. The molecule has 1 amide bonds. The van der Waals surface area contributed by atoms with Crippen LogP contribution in [0.3, 0.4) is 0 Å². The molecule has 1 saturated heterocycles. The Kier molecular flexibility index (Phi) is 6.18. The van der Waals surface area contributed by atoms with E-state index < -0.39 is 23.3 Å². The van der Waals surface area contributed by atoms with Gasteiger partial charge in [0, 0.05) is 32.5 Å². The third-order valence-corrected chi connectivity index (χ3v) is 6.65. The van der Waals surface area contributed by atoms with E-state index in [1.54, 1.807) is 7.11 Å². The Morgan fingerprint density at radius 1 is 1.17 bits per heavy atom. The summed E-state index contributed by atoms with van der Waals surface area (Å²) in [6.07, 6.45) is 0.221. The van der Waals surface area contributed by atoms with Crippen molar-refractivity contribution in [2.24, 2.45) is 0 Å². The Hall–Kier alpha value is -3.47. The van der Waals surface area contributed by atoms with Crippen molar-refractivity contribution in [1.82, 2.24) is 20.6 Å². The van der Waals surface area contributed by atoms with Crippen molar-refractivity contribution in [3.8, 4) is 11.4 Å². The first-order valence-corrected chi connectivity index (χ1v) is 11.3. The van der Waals surface area contributed by atoms with Crippen molar-refractivity contribution in [1.29, 1.82) is 0 Å². The normalized spacial score (nSPS) is 21.1. The number of aliphatic hydroxyl groups is 1. The molecule has 3 aromatic rings. The summed E-state index contributed by atoms with van der Waals surface area (Å²) in [5.74, 6) is -1.44. The van der Waals surface area contributed by atoms with E-state index in [4.69, 9.17) is 4.74 Å². The van der Waals surface area contributed by atoms with Crippen LogP contribution in [0.5, 0.6) is 0 Å². The smallest absolute Gasteiger partial charge is 0.230 e. The van der Waals surface area contributed by atoms with Crippen molar-refractivity contribution < 1.29 is 23.4 Å². The number of aromatic nitrogens is 2. The molecule has 4 N–H and O–H groups in total. The van der Waals surface area contributed by atoms with Gasteiger partial charge in [-0.25, -0.2) is 18.7 Å². The number of methoxy groups -OCH3 is 1. The molecule has 0 spiro atoms. The van der Waals surface area contributed by atoms with Crippen LogP contribution in [0.1, 0.15) is 35.9 Å². The molecule has 2 aromatic carbocycles. The Labute approximate surface area is 200 Å². The number of hydrogen-bond donors (Lipinski definition) is 4. The minimum atomic E-state index is -1.02. The van der Waals surface area contributed by atoms with Gasteiger partial charge >= 0.3 is 0 Å². The fourth-order valence-corrected chi connectivity index (χ4v) is 4.77. The lowest BCUT2D eigenvalue weighted by atomic mass is 9.76. The largest absolute Gasteiger partial charge is 0.385 e. The van der Waals surface area contributed by atoms with Crippen molar-refractivity contribution in [2.75, 3.05) is 25.6 Å². The Morgan fingerprint density at radius 2 is 1.91 bits per heavy atom. The third kappa shape index (κ3) is 4.13. The minimum absolute atomic E-state index is 0.0189. The minimum Gasteiger partial charge on any atom is -0.385 e. The molecule has 1 aromatic heterocycles. The summed E-state index contributed by atoms with van der Waals surface area (Å²) in [4.78, 5) is 21.3. The van der Waals surface area contributed by atoms with E-state index in [2.05, 4.69) is 25.9 Å². The van der Waals surface area contributed by atoms with Crippen molar-refractivity contribution in [3.63, 3.8) is 0 Å². The maximum absolute atomic E-state index is 14.4. The first-order valence-electron chi connectivity index (χ1n) is 11.3. The number of amides is 1. The lowest BCUT2D eigenvalue weighted by Gasteiger charge is -2.26. The van der Waals surface area contributed by atoms with Gasteiger partial charge in [-0.05, 0) is 42.7 Å². The average molecular weight is 482 g/mol. The van der Waals surface area contributed by atoms with Crippen LogP contribution >= 0.6 is 0 Å². The highest BCUT2D eigenvalue weighted by molar-refractivity contribution is 5.90. The molecule has 2 atom stereocenters. The highest BCUT2D eigenvalue weighted by atomic mass is 19.1. The predicted molar refractivity (Wildman–Crippen MR) is 125 cm³/mol. The van der Waals surface area contributed by atoms with Gasteiger partial charge < -0.3 is 20.5 Å². The molecule has 5 rings (SSSR count). The molecule has 0 bridgehead atoms. The monoisotopic (exact) mass is 481 g/mol. The van der Waals surface area contributed by atoms with Crippen LogP contribution in [0, 0.1) is 11.6 Å². The van der Waals surface area contributed by atoms with Gasteiger partial charge in [0.2, 0.25) is 5.91 Å². The SMILES string of the molecule is COCCC1(c2ccc(Nc3nc(-c4c(F)cccc4F)nc4c3C(O)NC4)cc2)CCNC1=O. The maximum atomic E-state index is 14.4. The number of anilines is 2. The Bertz CT molecular complexity index is 1250. The Balaban J connectivity index is 1.50. The van der Waals surface area contributed by atoms with E-state index in [-0.39, 0.29) is 29.7 Å². The molecular formula is C25H25F2N5O3. The van der Waals surface area contributed by atoms with Gasteiger partial charge in [-0.1, -0.05) is 18.2 Å². The number of nitrogens with zero attached hydrogens (tertiary/aromatic N) is 2. The van der Waals surface area contributed by atoms with E-state index in [9.17, 15) is 18.7 Å². The average Bonchev–Trinajstić information content (AvgIpc) is 3.41. The number of ether oxygens (including phenoxy) is 1. The van der Waals surface area contributed by atoms with E-state index in [0.29, 0.717) is 42.9 Å². The summed E-state index contributed by atoms with van der Waals surface area (Å²) in [5, 5.41) is 19.3. The molecule has 2 aliphatic rings. The maximum Gasteiger partial charge on any atom is 0.230 e. The quantitative estimate of drug-likeness (QED) is 0.411. The van der Waals surface area contributed by atoms with Crippen LogP contribution in [0.15, 0.2) is 42.5 Å². The highest BCUT2D eigenvalue weighted by Gasteiger charge is 2.43. The van der Waals surface area contributed by atoms with Crippen molar-refractivity contribution >= 4 is 17.4 Å². The van der Waals surface area contributed by atoms with Gasteiger partial charge in [0.25, 0.3) is 0 Å².